The first-order chi connectivity index (χ1) is 28.5. The summed E-state index contributed by atoms with van der Waals surface area (Å²) in [6.07, 6.45) is 5.44. The Morgan fingerprint density at radius 1 is 0.966 bits per heavy atom. The smallest absolute Gasteiger partial charge is 0.326 e. The van der Waals surface area contributed by atoms with Crippen molar-refractivity contribution in [3.05, 3.63) is 124 Å². The van der Waals surface area contributed by atoms with Gasteiger partial charge in [0.25, 0.3) is 0 Å². The molecule has 1 unspecified atom stereocenters. The van der Waals surface area contributed by atoms with Crippen molar-refractivity contribution in [2.45, 2.75) is 65.1 Å². The van der Waals surface area contributed by atoms with Gasteiger partial charge in [-0.2, -0.15) is 10.4 Å². The van der Waals surface area contributed by atoms with Gasteiger partial charge in [-0.05, 0) is 79.3 Å². The molecule has 13 nitrogen and oxygen atoms in total. The third kappa shape index (κ3) is 9.23. The van der Waals surface area contributed by atoms with E-state index in [1.54, 1.807) is 24.4 Å². The lowest BCUT2D eigenvalue weighted by molar-refractivity contribution is -0.145. The van der Waals surface area contributed by atoms with Crippen LogP contribution in [0, 0.1) is 25.2 Å². The summed E-state index contributed by atoms with van der Waals surface area (Å²) in [5, 5.41) is 46.5. The third-order valence-electron chi connectivity index (χ3n) is 11.0. The van der Waals surface area contributed by atoms with E-state index in [0.29, 0.717) is 39.8 Å². The number of fused-ring (bicyclic) bond motifs is 1. The Morgan fingerprint density at radius 2 is 1.73 bits per heavy atom. The van der Waals surface area contributed by atoms with Crippen LogP contribution < -0.4 is 14.8 Å². The summed E-state index contributed by atoms with van der Waals surface area (Å²) >= 11 is 6.78. The highest BCUT2D eigenvalue weighted by atomic mass is 35.5. The number of aliphatic hydroxyl groups excluding tert-OH is 2. The number of hydrogen-bond donors (Lipinski definition) is 4. The number of benzene rings is 3. The zero-order valence-electron chi connectivity index (χ0n) is 33.2. The molecule has 0 saturated carbocycles. The lowest BCUT2D eigenvalue weighted by Gasteiger charge is -2.25. The number of halogens is 1. The van der Waals surface area contributed by atoms with Crippen LogP contribution in [-0.2, 0) is 31.1 Å². The first kappa shape index (κ1) is 41.3. The van der Waals surface area contributed by atoms with Gasteiger partial charge < -0.3 is 24.8 Å². The van der Waals surface area contributed by atoms with E-state index in [0.717, 1.165) is 76.2 Å². The molecular formula is C45H46ClN7O6. The van der Waals surface area contributed by atoms with Crippen LogP contribution >= 0.6 is 11.6 Å². The van der Waals surface area contributed by atoms with E-state index in [-0.39, 0.29) is 25.9 Å². The predicted octanol–water partition coefficient (Wildman–Crippen LogP) is 6.45. The van der Waals surface area contributed by atoms with Crippen molar-refractivity contribution in [2.75, 3.05) is 26.2 Å². The molecule has 1 saturated heterocycles. The van der Waals surface area contributed by atoms with Crippen LogP contribution in [0.2, 0.25) is 5.02 Å². The molecule has 6 aromatic rings. The number of nitrogens with zero attached hydrogens (tertiary/aromatic N) is 6. The zero-order chi connectivity index (χ0) is 41.7. The van der Waals surface area contributed by atoms with Crippen molar-refractivity contribution in [2.24, 2.45) is 0 Å². The molecule has 1 fully saturated rings. The Bertz CT molecular complexity index is 2540. The van der Waals surface area contributed by atoms with Gasteiger partial charge in [0.1, 0.15) is 41.8 Å². The number of likely N-dealkylation sites (tertiary alicyclic amines) is 1. The van der Waals surface area contributed by atoms with Crippen LogP contribution in [0.5, 0.6) is 11.5 Å². The molecule has 14 heteroatoms. The van der Waals surface area contributed by atoms with E-state index in [2.05, 4.69) is 64.5 Å². The number of nitriles is 1. The number of carboxylic acid groups (broad SMARTS) is 1. The fourth-order valence-corrected chi connectivity index (χ4v) is 7.52. The zero-order valence-corrected chi connectivity index (χ0v) is 33.9. The molecule has 4 heterocycles. The molecule has 304 valence electrons. The maximum Gasteiger partial charge on any atom is 0.326 e. The van der Waals surface area contributed by atoms with Crippen molar-refractivity contribution in [3.8, 4) is 40.0 Å². The second-order valence-corrected chi connectivity index (χ2v) is 15.5. The second kappa shape index (κ2) is 17.9. The van der Waals surface area contributed by atoms with E-state index in [4.69, 9.17) is 26.1 Å². The van der Waals surface area contributed by atoms with Crippen LogP contribution in [0.25, 0.3) is 33.4 Å². The number of hydrogen-bond acceptors (Lipinski definition) is 11. The van der Waals surface area contributed by atoms with Crippen molar-refractivity contribution in [1.82, 2.24) is 30.0 Å². The summed E-state index contributed by atoms with van der Waals surface area (Å²) in [6, 6.07) is 23.5. The van der Waals surface area contributed by atoms with Gasteiger partial charge in [0.15, 0.2) is 0 Å². The Hall–Kier alpha value is -5.88. The highest BCUT2D eigenvalue weighted by Crippen LogP contribution is 2.37. The Balaban J connectivity index is 1.10. The molecule has 3 aromatic heterocycles. The molecule has 59 heavy (non-hydrogen) atoms. The molecule has 1 aliphatic heterocycles. The van der Waals surface area contributed by atoms with Crippen LogP contribution in [-0.4, -0.2) is 83.8 Å². The Morgan fingerprint density at radius 3 is 2.47 bits per heavy atom. The fraction of sp³-hybridized carbons (Fsp3) is 0.311. The predicted molar refractivity (Wildman–Crippen MR) is 224 cm³/mol. The van der Waals surface area contributed by atoms with Gasteiger partial charge in [-0.1, -0.05) is 48.0 Å². The monoisotopic (exact) mass is 815 g/mol. The number of aliphatic carboxylic acids is 1. The molecule has 7 rings (SSSR count). The quantitative estimate of drug-likeness (QED) is 0.0841. The highest BCUT2D eigenvalue weighted by molar-refractivity contribution is 6.32. The van der Waals surface area contributed by atoms with Crippen molar-refractivity contribution >= 4 is 28.6 Å². The summed E-state index contributed by atoms with van der Waals surface area (Å²) in [5.41, 5.74) is 8.90. The van der Waals surface area contributed by atoms with Crippen molar-refractivity contribution in [3.63, 3.8) is 0 Å². The molecule has 0 spiro atoms. The minimum Gasteiger partial charge on any atom is -0.488 e. The molecular weight excluding hydrogens is 770 g/mol. The number of pyridine rings is 2. The fourth-order valence-electron chi connectivity index (χ4n) is 7.28. The van der Waals surface area contributed by atoms with Gasteiger partial charge in [-0.25, -0.2) is 4.98 Å². The number of rotatable bonds is 16. The minimum atomic E-state index is -1.60. The first-order valence-electron chi connectivity index (χ1n) is 19.4. The summed E-state index contributed by atoms with van der Waals surface area (Å²) in [4.78, 5) is 23.3. The molecule has 0 aliphatic carbocycles. The van der Waals surface area contributed by atoms with Crippen LogP contribution in [0.15, 0.2) is 85.3 Å². The van der Waals surface area contributed by atoms with Gasteiger partial charge in [-0.15, -0.1) is 0 Å². The number of aliphatic hydroxyl groups is 2. The number of β-amino-alcohol motifs (C(OH)–C–C–N with tert-alkyl or cyclic N) is 1. The average Bonchev–Trinajstić information content (AvgIpc) is 3.86. The molecule has 2 atom stereocenters. The maximum atomic E-state index is 11.9. The summed E-state index contributed by atoms with van der Waals surface area (Å²) < 4.78 is 14.5. The van der Waals surface area contributed by atoms with Crippen LogP contribution in [0.3, 0.4) is 0 Å². The van der Waals surface area contributed by atoms with Gasteiger partial charge in [0, 0.05) is 61.3 Å². The van der Waals surface area contributed by atoms with Crippen molar-refractivity contribution in [1.29, 1.82) is 5.26 Å². The summed E-state index contributed by atoms with van der Waals surface area (Å²) in [7, 11) is 0. The number of carbonyl (C=O) groups is 1. The largest absolute Gasteiger partial charge is 0.488 e. The van der Waals surface area contributed by atoms with Crippen LogP contribution in [0.1, 0.15) is 46.7 Å². The van der Waals surface area contributed by atoms with Gasteiger partial charge in [0.2, 0.25) is 0 Å². The SMILES string of the molecule is Cc1c(COc2cc(OCc3cncc(C#N)c3)c(CNC(C)(CO)C(=O)O)cc2Cl)cccc1-c1cccc(-c2ccc3c(cnn3CCN3CC[C@@H](O)C3)n2)c1C. The average molecular weight is 816 g/mol. The number of aromatic nitrogens is 4. The van der Waals surface area contributed by atoms with E-state index >= 15 is 0 Å². The lowest BCUT2D eigenvalue weighted by atomic mass is 9.90. The highest BCUT2D eigenvalue weighted by Gasteiger charge is 2.32. The molecule has 0 radical (unpaired) electrons. The number of ether oxygens (including phenoxy) is 2. The number of carboxylic acids is 1. The van der Waals surface area contributed by atoms with Crippen molar-refractivity contribution < 1.29 is 29.6 Å². The van der Waals surface area contributed by atoms with Gasteiger partial charge in [0.05, 0.1) is 47.2 Å². The molecule has 3 aromatic carbocycles. The summed E-state index contributed by atoms with van der Waals surface area (Å²) in [5.74, 6) is -0.467. The van der Waals surface area contributed by atoms with E-state index in [1.165, 1.54) is 13.1 Å². The Labute approximate surface area is 347 Å². The first-order valence-corrected chi connectivity index (χ1v) is 19.8. The molecule has 0 bridgehead atoms. The topological polar surface area (TPSA) is 179 Å². The van der Waals surface area contributed by atoms with Gasteiger partial charge in [-0.3, -0.25) is 24.7 Å². The third-order valence-corrected chi connectivity index (χ3v) is 11.3. The maximum absolute atomic E-state index is 11.9. The van der Waals surface area contributed by atoms with E-state index in [9.17, 15) is 25.4 Å². The lowest BCUT2D eigenvalue weighted by Crippen LogP contribution is -2.52. The normalized spacial score (nSPS) is 15.2. The molecule has 4 N–H and O–H groups in total. The number of nitrogens with one attached hydrogen (secondary N) is 1. The second-order valence-electron chi connectivity index (χ2n) is 15.1. The standard InChI is InChI=1S/C45H46ClN7O6/c1-28-32(26-59-43-18-42(58-25-31-16-30(19-47)20-48-21-31)33(17-38(43)46)22-49-45(3,27-54)44(56)57)6-4-7-35(28)36-8-5-9-37(29(36)2)39-10-11-41-40(51-39)23-50-53(41)15-14-52-13-12-34(55)24-52/h4-11,16-18,20-21,23,34,49,54-55H,12-15,22,24-27H2,1-3H3,(H,56,57)/t34-,45?/m1/s1. The molecule has 1 aliphatic rings. The Kier molecular flexibility index (Phi) is 12.6. The van der Waals surface area contributed by atoms with E-state index in [1.807, 2.05) is 35.1 Å². The molecule has 0 amide bonds. The van der Waals surface area contributed by atoms with Crippen LogP contribution in [0.4, 0.5) is 0 Å². The minimum absolute atomic E-state index is 0.0209. The van der Waals surface area contributed by atoms with E-state index < -0.39 is 18.1 Å². The summed E-state index contributed by atoms with van der Waals surface area (Å²) in [6.45, 7) is 8.39. The van der Waals surface area contributed by atoms with Gasteiger partial charge >= 0.3 is 5.97 Å².